The van der Waals surface area contributed by atoms with Gasteiger partial charge >= 0.3 is 0 Å². The number of nitrogens with one attached hydrogen (secondary N) is 1. The van der Waals surface area contributed by atoms with Crippen LogP contribution in [0.4, 0.5) is 4.39 Å². The maximum Gasteiger partial charge on any atom is 0.258 e. The third-order valence-corrected chi connectivity index (χ3v) is 6.14. The van der Waals surface area contributed by atoms with Gasteiger partial charge < -0.3 is 30.5 Å². The van der Waals surface area contributed by atoms with Crippen LogP contribution in [0.2, 0.25) is 0 Å². The Kier molecular flexibility index (Phi) is 7.52. The summed E-state index contributed by atoms with van der Waals surface area (Å²) >= 11 is 0. The summed E-state index contributed by atoms with van der Waals surface area (Å²) in [6, 6.07) is 2.00. The van der Waals surface area contributed by atoms with Crippen molar-refractivity contribution in [2.75, 3.05) is 40.8 Å². The second-order valence-electron chi connectivity index (χ2n) is 8.48. The van der Waals surface area contributed by atoms with Gasteiger partial charge in [-0.2, -0.15) is 0 Å². The van der Waals surface area contributed by atoms with Crippen molar-refractivity contribution < 1.29 is 28.3 Å². The van der Waals surface area contributed by atoms with E-state index >= 15 is 0 Å². The summed E-state index contributed by atoms with van der Waals surface area (Å²) < 4.78 is 19.9. The number of carbonyl (C=O) groups is 4. The third-order valence-electron chi connectivity index (χ3n) is 6.14. The monoisotopic (exact) mass is 463 g/mol. The van der Waals surface area contributed by atoms with Gasteiger partial charge in [-0.1, -0.05) is 0 Å². The van der Waals surface area contributed by atoms with Gasteiger partial charge in [-0.25, -0.2) is 4.39 Å². The normalized spacial score (nSPS) is 25.1. The Morgan fingerprint density at radius 3 is 2.64 bits per heavy atom. The van der Waals surface area contributed by atoms with Crippen molar-refractivity contribution in [3.8, 4) is 5.75 Å². The van der Waals surface area contributed by atoms with E-state index in [2.05, 4.69) is 5.32 Å². The van der Waals surface area contributed by atoms with E-state index in [9.17, 15) is 23.6 Å². The summed E-state index contributed by atoms with van der Waals surface area (Å²) in [6.45, 7) is 0.237. The summed E-state index contributed by atoms with van der Waals surface area (Å²) in [7, 11) is 4.37. The summed E-state index contributed by atoms with van der Waals surface area (Å²) in [4.78, 5) is 55.4. The highest BCUT2D eigenvalue weighted by molar-refractivity contribution is 5.99. The van der Waals surface area contributed by atoms with Gasteiger partial charge in [0.15, 0.2) is 0 Å². The minimum atomic E-state index is -0.974. The van der Waals surface area contributed by atoms with E-state index in [1.54, 1.807) is 4.90 Å². The van der Waals surface area contributed by atoms with Crippen LogP contribution < -0.4 is 15.8 Å². The third kappa shape index (κ3) is 5.41. The second kappa shape index (κ2) is 10.2. The molecule has 2 aliphatic heterocycles. The van der Waals surface area contributed by atoms with Gasteiger partial charge in [-0.15, -0.1) is 0 Å². The molecule has 0 aromatic heterocycles. The fourth-order valence-corrected chi connectivity index (χ4v) is 4.23. The number of nitrogens with two attached hydrogens (primary N) is 1. The topological polar surface area (TPSA) is 125 Å². The lowest BCUT2D eigenvalue weighted by molar-refractivity contribution is -0.140. The smallest absolute Gasteiger partial charge is 0.258 e. The summed E-state index contributed by atoms with van der Waals surface area (Å²) in [5.74, 6) is -2.18. The van der Waals surface area contributed by atoms with Crippen molar-refractivity contribution in [2.45, 2.75) is 37.4 Å². The zero-order valence-electron chi connectivity index (χ0n) is 19.0. The van der Waals surface area contributed by atoms with Gasteiger partial charge in [0, 0.05) is 40.2 Å². The summed E-state index contributed by atoms with van der Waals surface area (Å²) in [5, 5.41) is 2.49. The molecule has 1 fully saturated rings. The van der Waals surface area contributed by atoms with Gasteiger partial charge in [-0.3, -0.25) is 19.2 Å². The Hall–Kier alpha value is -3.21. The maximum atomic E-state index is 14.0. The number of likely N-dealkylation sites (N-methyl/N-ethyl adjacent to an activating group) is 3. The van der Waals surface area contributed by atoms with E-state index in [1.807, 2.05) is 0 Å². The van der Waals surface area contributed by atoms with Gasteiger partial charge in [-0.05, 0) is 31.0 Å². The quantitative estimate of drug-likeness (QED) is 0.582. The van der Waals surface area contributed by atoms with Crippen molar-refractivity contribution in [2.24, 2.45) is 5.73 Å². The van der Waals surface area contributed by atoms with Crippen molar-refractivity contribution >= 4 is 23.6 Å². The Labute approximate surface area is 191 Å². The minimum Gasteiger partial charge on any atom is -0.491 e. The number of ether oxygens (including phenoxy) is 1. The molecular weight excluding hydrogens is 433 g/mol. The number of fused-ring (bicyclic) bond motifs is 2. The molecular formula is C22H30FN5O5. The fraction of sp³-hybridized carbons (Fsp3) is 0.545. The van der Waals surface area contributed by atoms with Crippen LogP contribution in [-0.4, -0.2) is 97.3 Å². The molecule has 11 heteroatoms. The van der Waals surface area contributed by atoms with E-state index < -0.39 is 23.7 Å². The van der Waals surface area contributed by atoms with Crippen molar-refractivity contribution in [3.63, 3.8) is 0 Å². The van der Waals surface area contributed by atoms with E-state index in [0.29, 0.717) is 13.0 Å². The van der Waals surface area contributed by atoms with Crippen LogP contribution in [0.3, 0.4) is 0 Å². The Morgan fingerprint density at radius 2 is 1.94 bits per heavy atom. The number of nitrogens with zero attached hydrogens (tertiary/aromatic N) is 3. The van der Waals surface area contributed by atoms with E-state index in [-0.39, 0.29) is 61.2 Å². The highest BCUT2D eigenvalue weighted by atomic mass is 19.1. The van der Waals surface area contributed by atoms with Crippen molar-refractivity contribution in [3.05, 3.63) is 29.6 Å². The first-order valence-electron chi connectivity index (χ1n) is 10.8. The molecule has 1 aromatic rings. The SMILES string of the molecule is CNC(=O)[C@@H]1CCC(=O)N(C)CC(=O)N2C[C@@H](N)C[C@H]2COc2ccc(F)cc2C(=O)N1C. The van der Waals surface area contributed by atoms with Crippen LogP contribution in [0.15, 0.2) is 18.2 Å². The van der Waals surface area contributed by atoms with Crippen LogP contribution in [0.1, 0.15) is 29.6 Å². The number of hydrogen-bond donors (Lipinski definition) is 2. The summed E-state index contributed by atoms with van der Waals surface area (Å²) in [6.07, 6.45) is 0.462. The van der Waals surface area contributed by atoms with Crippen LogP contribution in [0, 0.1) is 5.82 Å². The van der Waals surface area contributed by atoms with Gasteiger partial charge in [0.2, 0.25) is 17.7 Å². The second-order valence-corrected chi connectivity index (χ2v) is 8.48. The molecule has 180 valence electrons. The van der Waals surface area contributed by atoms with Crippen molar-refractivity contribution in [1.82, 2.24) is 20.0 Å². The first-order chi connectivity index (χ1) is 15.6. The Balaban J connectivity index is 1.99. The fourth-order valence-electron chi connectivity index (χ4n) is 4.23. The highest BCUT2D eigenvalue weighted by Gasteiger charge is 2.36. The lowest BCUT2D eigenvalue weighted by Gasteiger charge is -2.28. The molecule has 2 heterocycles. The molecule has 3 N–H and O–H groups in total. The van der Waals surface area contributed by atoms with Crippen LogP contribution >= 0.6 is 0 Å². The number of rotatable bonds is 1. The molecule has 0 saturated carbocycles. The predicted octanol–water partition coefficient (Wildman–Crippen LogP) is -0.428. The first-order valence-corrected chi connectivity index (χ1v) is 10.8. The molecule has 0 unspecified atom stereocenters. The number of halogens is 1. The van der Waals surface area contributed by atoms with E-state index in [0.717, 1.165) is 6.07 Å². The molecule has 3 atom stereocenters. The zero-order chi connectivity index (χ0) is 24.3. The van der Waals surface area contributed by atoms with Crippen LogP contribution in [-0.2, 0) is 14.4 Å². The molecule has 0 bridgehead atoms. The minimum absolute atomic E-state index is 0.0298. The molecule has 1 aromatic carbocycles. The summed E-state index contributed by atoms with van der Waals surface area (Å²) in [5.41, 5.74) is 6.01. The standard InChI is InChI=1S/C22H30FN5O5/c1-25-21(31)17-5-7-19(29)26(2)11-20(30)28-10-14(24)9-15(28)12-33-18-6-4-13(23)8-16(18)22(32)27(17)3/h4,6,8,14-15,17H,5,7,9-12,24H2,1-3H3,(H,25,31)/t14-,15-,17-/m0/s1. The van der Waals surface area contributed by atoms with E-state index in [4.69, 9.17) is 10.5 Å². The number of hydrogen-bond acceptors (Lipinski definition) is 6. The molecule has 3 rings (SSSR count). The molecule has 1 saturated heterocycles. The zero-order valence-corrected chi connectivity index (χ0v) is 19.0. The molecule has 2 aliphatic rings. The Morgan fingerprint density at radius 1 is 1.21 bits per heavy atom. The maximum absolute atomic E-state index is 14.0. The Bertz CT molecular complexity index is 942. The number of amides is 4. The number of benzene rings is 1. The molecule has 4 amide bonds. The molecule has 0 spiro atoms. The van der Waals surface area contributed by atoms with Gasteiger partial charge in [0.25, 0.3) is 5.91 Å². The largest absolute Gasteiger partial charge is 0.491 e. The van der Waals surface area contributed by atoms with Gasteiger partial charge in [0.05, 0.1) is 18.2 Å². The molecule has 0 radical (unpaired) electrons. The lowest BCUT2D eigenvalue weighted by atomic mass is 10.1. The van der Waals surface area contributed by atoms with Crippen LogP contribution in [0.25, 0.3) is 0 Å². The van der Waals surface area contributed by atoms with Gasteiger partial charge in [0.1, 0.15) is 24.2 Å². The molecule has 33 heavy (non-hydrogen) atoms. The van der Waals surface area contributed by atoms with E-state index in [1.165, 1.54) is 43.1 Å². The molecule has 0 aliphatic carbocycles. The number of carbonyl (C=O) groups excluding carboxylic acids is 4. The predicted molar refractivity (Wildman–Crippen MR) is 117 cm³/mol. The highest BCUT2D eigenvalue weighted by Crippen LogP contribution is 2.25. The van der Waals surface area contributed by atoms with Crippen LogP contribution in [0.5, 0.6) is 5.75 Å². The average Bonchev–Trinajstić information content (AvgIpc) is 3.17. The average molecular weight is 464 g/mol. The van der Waals surface area contributed by atoms with Crippen molar-refractivity contribution in [1.29, 1.82) is 0 Å². The first kappa shape index (κ1) is 24.4. The lowest BCUT2D eigenvalue weighted by Crippen LogP contribution is -2.47. The molecule has 10 nitrogen and oxygen atoms in total.